The lowest BCUT2D eigenvalue weighted by Gasteiger charge is -2.27. The standard InChI is InChI=1S/C18H12ClF2N3O3/c19-10-2-1-9-7-24(15(25)12(9)5-10)8-18(16(26)22-17(27)23-18)13-4-3-11(20)6-14(13)21/h1-7,25H,8H2,(H2,22,23,26,27). The highest BCUT2D eigenvalue weighted by molar-refractivity contribution is 6.31. The van der Waals surface area contributed by atoms with Gasteiger partial charge in [0.2, 0.25) is 0 Å². The molecule has 0 aliphatic carbocycles. The number of hydrogen-bond acceptors (Lipinski definition) is 3. The highest BCUT2D eigenvalue weighted by atomic mass is 35.5. The summed E-state index contributed by atoms with van der Waals surface area (Å²) in [6.07, 6.45) is 1.54. The second kappa shape index (κ2) is 5.95. The van der Waals surface area contributed by atoms with Crippen molar-refractivity contribution in [2.24, 2.45) is 0 Å². The number of hydrogen-bond donors (Lipinski definition) is 3. The Hall–Kier alpha value is -3.13. The van der Waals surface area contributed by atoms with Crippen LogP contribution in [0.25, 0.3) is 10.8 Å². The quantitative estimate of drug-likeness (QED) is 0.600. The number of halogens is 3. The van der Waals surface area contributed by atoms with E-state index in [9.17, 15) is 23.5 Å². The van der Waals surface area contributed by atoms with Gasteiger partial charge in [-0.2, -0.15) is 0 Å². The maximum absolute atomic E-state index is 14.4. The molecule has 4 rings (SSSR count). The zero-order valence-corrected chi connectivity index (χ0v) is 14.3. The minimum absolute atomic E-state index is 0.205. The molecule has 1 aliphatic rings. The first-order valence-electron chi connectivity index (χ1n) is 7.87. The van der Waals surface area contributed by atoms with E-state index in [1.54, 1.807) is 24.4 Å². The molecule has 0 saturated carbocycles. The molecule has 138 valence electrons. The van der Waals surface area contributed by atoms with Gasteiger partial charge in [0, 0.05) is 33.6 Å². The molecule has 2 aromatic carbocycles. The monoisotopic (exact) mass is 391 g/mol. The smallest absolute Gasteiger partial charge is 0.322 e. The maximum Gasteiger partial charge on any atom is 0.322 e. The highest BCUT2D eigenvalue weighted by Crippen LogP contribution is 2.35. The van der Waals surface area contributed by atoms with Crippen molar-refractivity contribution in [3.05, 3.63) is 64.8 Å². The number of aromatic nitrogens is 1. The summed E-state index contributed by atoms with van der Waals surface area (Å²) in [7, 11) is 0. The van der Waals surface area contributed by atoms with Crippen molar-refractivity contribution in [3.63, 3.8) is 0 Å². The summed E-state index contributed by atoms with van der Waals surface area (Å²) in [5.74, 6) is -2.83. The number of nitrogens with zero attached hydrogens (tertiary/aromatic N) is 1. The second-order valence-corrected chi connectivity index (χ2v) is 6.69. The largest absolute Gasteiger partial charge is 0.494 e. The first-order valence-corrected chi connectivity index (χ1v) is 8.24. The number of nitrogens with one attached hydrogen (secondary N) is 2. The van der Waals surface area contributed by atoms with E-state index in [0.717, 1.165) is 12.1 Å². The SMILES string of the molecule is O=C1NC(=O)C(Cn2cc3ccc(Cl)cc3c2O)(c2ccc(F)cc2F)N1. The summed E-state index contributed by atoms with van der Waals surface area (Å²) < 4.78 is 29.1. The number of benzene rings is 2. The van der Waals surface area contributed by atoms with Gasteiger partial charge >= 0.3 is 6.03 Å². The van der Waals surface area contributed by atoms with Crippen LogP contribution in [0, 0.1) is 11.6 Å². The van der Waals surface area contributed by atoms with Crippen molar-refractivity contribution in [2.45, 2.75) is 12.1 Å². The van der Waals surface area contributed by atoms with Gasteiger partial charge in [-0.1, -0.05) is 23.7 Å². The zero-order chi connectivity index (χ0) is 19.3. The van der Waals surface area contributed by atoms with Crippen LogP contribution in [0.2, 0.25) is 5.02 Å². The van der Waals surface area contributed by atoms with E-state index in [4.69, 9.17) is 11.6 Å². The number of carbonyl (C=O) groups is 2. The Morgan fingerprint density at radius 1 is 1.15 bits per heavy atom. The van der Waals surface area contributed by atoms with Gasteiger partial charge in [0.15, 0.2) is 11.4 Å². The third-order valence-corrected chi connectivity index (χ3v) is 4.80. The van der Waals surface area contributed by atoms with Crippen LogP contribution in [0.4, 0.5) is 13.6 Å². The van der Waals surface area contributed by atoms with Gasteiger partial charge in [-0.25, -0.2) is 13.6 Å². The van der Waals surface area contributed by atoms with E-state index in [1.807, 2.05) is 0 Å². The van der Waals surface area contributed by atoms with Gasteiger partial charge in [-0.15, -0.1) is 0 Å². The molecule has 9 heteroatoms. The van der Waals surface area contributed by atoms with Crippen LogP contribution in [0.3, 0.4) is 0 Å². The molecule has 1 saturated heterocycles. The molecular formula is C18H12ClF2N3O3. The summed E-state index contributed by atoms with van der Waals surface area (Å²) in [5, 5.41) is 16.4. The van der Waals surface area contributed by atoms with Gasteiger partial charge in [-0.3, -0.25) is 10.1 Å². The fourth-order valence-electron chi connectivity index (χ4n) is 3.31. The molecule has 1 aromatic heterocycles. The summed E-state index contributed by atoms with van der Waals surface area (Å²) in [4.78, 5) is 24.3. The average Bonchev–Trinajstić information content (AvgIpc) is 3.05. The lowest BCUT2D eigenvalue weighted by atomic mass is 9.89. The summed E-state index contributed by atoms with van der Waals surface area (Å²) in [6, 6.07) is 6.74. The van der Waals surface area contributed by atoms with Crippen LogP contribution in [0.15, 0.2) is 42.6 Å². The molecule has 1 unspecified atom stereocenters. The minimum Gasteiger partial charge on any atom is -0.494 e. The number of fused-ring (bicyclic) bond motifs is 1. The van der Waals surface area contributed by atoms with Gasteiger partial charge in [0.1, 0.15) is 11.6 Å². The molecule has 0 bridgehead atoms. The Kier molecular flexibility index (Phi) is 3.81. The zero-order valence-electron chi connectivity index (χ0n) is 13.6. The van der Waals surface area contributed by atoms with E-state index in [1.165, 1.54) is 4.57 Å². The van der Waals surface area contributed by atoms with Crippen molar-refractivity contribution >= 4 is 34.3 Å². The predicted octanol–water partition coefficient (Wildman–Crippen LogP) is 3.01. The Morgan fingerprint density at radius 2 is 1.93 bits per heavy atom. The van der Waals surface area contributed by atoms with Crippen LogP contribution >= 0.6 is 11.6 Å². The van der Waals surface area contributed by atoms with Crippen LogP contribution in [-0.2, 0) is 16.9 Å². The number of amides is 3. The van der Waals surface area contributed by atoms with E-state index in [0.29, 0.717) is 21.9 Å². The van der Waals surface area contributed by atoms with Gasteiger partial charge in [-0.05, 0) is 18.2 Å². The fraction of sp³-hybridized carbons (Fsp3) is 0.111. The van der Waals surface area contributed by atoms with Crippen LogP contribution in [0.1, 0.15) is 5.56 Å². The second-order valence-electron chi connectivity index (χ2n) is 6.25. The molecule has 3 aromatic rings. The third-order valence-electron chi connectivity index (χ3n) is 4.56. The van der Waals surface area contributed by atoms with Crippen molar-refractivity contribution in [1.82, 2.24) is 15.2 Å². The Balaban J connectivity index is 1.87. The molecule has 0 spiro atoms. The van der Waals surface area contributed by atoms with E-state index >= 15 is 0 Å². The Morgan fingerprint density at radius 3 is 2.59 bits per heavy atom. The molecule has 1 atom stereocenters. The van der Waals surface area contributed by atoms with Crippen molar-refractivity contribution < 1.29 is 23.5 Å². The minimum atomic E-state index is -1.86. The van der Waals surface area contributed by atoms with Gasteiger partial charge < -0.3 is 15.0 Å². The number of rotatable bonds is 3. The van der Waals surface area contributed by atoms with Crippen LogP contribution < -0.4 is 10.6 Å². The Labute approximate surface area is 156 Å². The van der Waals surface area contributed by atoms with Crippen molar-refractivity contribution in [1.29, 1.82) is 0 Å². The topological polar surface area (TPSA) is 83.4 Å². The van der Waals surface area contributed by atoms with Crippen LogP contribution in [0.5, 0.6) is 5.88 Å². The molecule has 27 heavy (non-hydrogen) atoms. The maximum atomic E-state index is 14.4. The molecule has 3 amide bonds. The summed E-state index contributed by atoms with van der Waals surface area (Å²) >= 11 is 5.94. The third kappa shape index (κ3) is 2.69. The lowest BCUT2D eigenvalue weighted by Crippen LogP contribution is -2.48. The van der Waals surface area contributed by atoms with E-state index < -0.39 is 29.1 Å². The number of urea groups is 1. The molecule has 1 fully saturated rings. The number of imide groups is 1. The van der Waals surface area contributed by atoms with Gasteiger partial charge in [0.25, 0.3) is 5.91 Å². The summed E-state index contributed by atoms with van der Waals surface area (Å²) in [6.45, 7) is -0.314. The number of aromatic hydroxyl groups is 1. The van der Waals surface area contributed by atoms with Crippen molar-refractivity contribution in [3.8, 4) is 5.88 Å². The predicted molar refractivity (Wildman–Crippen MR) is 93.3 cm³/mol. The molecule has 3 N–H and O–H groups in total. The lowest BCUT2D eigenvalue weighted by molar-refractivity contribution is -0.125. The molecule has 0 radical (unpaired) electrons. The van der Waals surface area contributed by atoms with E-state index in [2.05, 4.69) is 10.6 Å². The highest BCUT2D eigenvalue weighted by Gasteiger charge is 2.50. The number of carbonyl (C=O) groups excluding carboxylic acids is 2. The fourth-order valence-corrected chi connectivity index (χ4v) is 3.48. The summed E-state index contributed by atoms with van der Waals surface area (Å²) in [5.41, 5.74) is -2.08. The molecular weight excluding hydrogens is 380 g/mol. The normalized spacial score (nSPS) is 19.4. The first-order chi connectivity index (χ1) is 12.8. The van der Waals surface area contributed by atoms with Crippen molar-refractivity contribution in [2.75, 3.05) is 0 Å². The molecule has 6 nitrogen and oxygen atoms in total. The average molecular weight is 392 g/mol. The van der Waals surface area contributed by atoms with Crippen LogP contribution in [-0.4, -0.2) is 21.6 Å². The molecule has 1 aliphatic heterocycles. The Bertz CT molecular complexity index is 1110. The molecule has 2 heterocycles. The van der Waals surface area contributed by atoms with Gasteiger partial charge in [0.05, 0.1) is 6.54 Å². The van der Waals surface area contributed by atoms with E-state index in [-0.39, 0.29) is 18.0 Å². The first kappa shape index (κ1) is 17.3.